The average Bonchev–Trinajstić information content (AvgIpc) is 2.36. The third-order valence-corrected chi connectivity index (χ3v) is 2.39. The number of benzene rings is 1. The van der Waals surface area contributed by atoms with Crippen LogP contribution in [0.2, 0.25) is 0 Å². The SMILES string of the molecule is CCCOC(=O)C(Cc1ccccc1)NC(C)=O. The highest BCUT2D eigenvalue weighted by Gasteiger charge is 2.21. The van der Waals surface area contributed by atoms with Crippen LogP contribution in [0.5, 0.6) is 0 Å². The van der Waals surface area contributed by atoms with Crippen molar-refractivity contribution < 1.29 is 14.3 Å². The number of hydrogen-bond donors (Lipinski definition) is 1. The van der Waals surface area contributed by atoms with Crippen molar-refractivity contribution in [2.24, 2.45) is 0 Å². The van der Waals surface area contributed by atoms with E-state index in [2.05, 4.69) is 5.32 Å². The van der Waals surface area contributed by atoms with Gasteiger partial charge in [0.1, 0.15) is 6.04 Å². The zero-order valence-electron chi connectivity index (χ0n) is 10.8. The molecule has 1 atom stereocenters. The first-order chi connectivity index (χ1) is 8.63. The van der Waals surface area contributed by atoms with Crippen LogP contribution in [0, 0.1) is 0 Å². The molecule has 0 aliphatic heterocycles. The molecule has 1 aromatic carbocycles. The molecule has 4 nitrogen and oxygen atoms in total. The molecule has 0 radical (unpaired) electrons. The van der Waals surface area contributed by atoms with Crippen LogP contribution in [0.15, 0.2) is 30.3 Å². The number of rotatable bonds is 6. The highest BCUT2D eigenvalue weighted by Crippen LogP contribution is 2.05. The molecule has 0 aromatic heterocycles. The van der Waals surface area contributed by atoms with Gasteiger partial charge in [0.05, 0.1) is 6.61 Å². The minimum Gasteiger partial charge on any atom is -0.464 e. The maximum atomic E-state index is 11.8. The number of hydrogen-bond acceptors (Lipinski definition) is 3. The number of ether oxygens (including phenoxy) is 1. The molecule has 0 bridgehead atoms. The van der Waals surface area contributed by atoms with Crippen molar-refractivity contribution in [3.63, 3.8) is 0 Å². The first-order valence-corrected chi connectivity index (χ1v) is 6.11. The third-order valence-electron chi connectivity index (χ3n) is 2.39. The summed E-state index contributed by atoms with van der Waals surface area (Å²) in [4.78, 5) is 22.9. The van der Waals surface area contributed by atoms with E-state index in [4.69, 9.17) is 4.74 Å². The lowest BCUT2D eigenvalue weighted by atomic mass is 10.1. The normalized spacial score (nSPS) is 11.7. The molecule has 0 saturated heterocycles. The molecular weight excluding hydrogens is 230 g/mol. The van der Waals surface area contributed by atoms with Gasteiger partial charge < -0.3 is 10.1 Å². The zero-order chi connectivity index (χ0) is 13.4. The van der Waals surface area contributed by atoms with E-state index in [0.29, 0.717) is 13.0 Å². The fraction of sp³-hybridized carbons (Fsp3) is 0.429. The maximum absolute atomic E-state index is 11.8. The highest BCUT2D eigenvalue weighted by molar-refractivity contribution is 5.83. The molecule has 0 saturated carbocycles. The Kier molecular flexibility index (Phi) is 5.91. The van der Waals surface area contributed by atoms with Gasteiger partial charge in [0.2, 0.25) is 5.91 Å². The molecule has 1 N–H and O–H groups in total. The molecule has 0 spiro atoms. The van der Waals surface area contributed by atoms with Crippen LogP contribution in [-0.2, 0) is 20.7 Å². The minimum atomic E-state index is -0.614. The van der Waals surface area contributed by atoms with Crippen molar-refractivity contribution in [2.75, 3.05) is 6.61 Å². The van der Waals surface area contributed by atoms with Crippen LogP contribution in [0.3, 0.4) is 0 Å². The van der Waals surface area contributed by atoms with Crippen molar-refractivity contribution in [1.82, 2.24) is 5.32 Å². The van der Waals surface area contributed by atoms with Gasteiger partial charge in [-0.1, -0.05) is 37.3 Å². The summed E-state index contributed by atoms with van der Waals surface area (Å²) in [5.74, 6) is -0.611. The number of esters is 1. The van der Waals surface area contributed by atoms with Gasteiger partial charge in [-0.25, -0.2) is 4.79 Å². The van der Waals surface area contributed by atoms with Gasteiger partial charge in [-0.15, -0.1) is 0 Å². The molecule has 1 aromatic rings. The predicted octanol–water partition coefficient (Wildman–Crippen LogP) is 1.69. The van der Waals surface area contributed by atoms with Crippen molar-refractivity contribution >= 4 is 11.9 Å². The molecule has 0 heterocycles. The van der Waals surface area contributed by atoms with E-state index in [1.165, 1.54) is 6.92 Å². The summed E-state index contributed by atoms with van der Waals surface area (Å²) < 4.78 is 5.07. The van der Waals surface area contributed by atoms with E-state index in [-0.39, 0.29) is 11.9 Å². The molecule has 1 unspecified atom stereocenters. The van der Waals surface area contributed by atoms with Crippen LogP contribution in [0.25, 0.3) is 0 Å². The molecule has 1 rings (SSSR count). The lowest BCUT2D eigenvalue weighted by Crippen LogP contribution is -2.42. The molecule has 0 fully saturated rings. The minimum absolute atomic E-state index is 0.232. The number of carbonyl (C=O) groups excluding carboxylic acids is 2. The largest absolute Gasteiger partial charge is 0.464 e. The topological polar surface area (TPSA) is 55.4 Å². The maximum Gasteiger partial charge on any atom is 0.328 e. The number of carbonyl (C=O) groups is 2. The molecular formula is C14H19NO3. The van der Waals surface area contributed by atoms with Crippen molar-refractivity contribution in [1.29, 1.82) is 0 Å². The Labute approximate surface area is 107 Å². The van der Waals surface area contributed by atoms with Gasteiger partial charge in [0.25, 0.3) is 0 Å². The lowest BCUT2D eigenvalue weighted by molar-refractivity contribution is -0.147. The van der Waals surface area contributed by atoms with Crippen LogP contribution in [0.4, 0.5) is 0 Å². The smallest absolute Gasteiger partial charge is 0.328 e. The van der Waals surface area contributed by atoms with Crippen LogP contribution >= 0.6 is 0 Å². The van der Waals surface area contributed by atoms with E-state index >= 15 is 0 Å². The summed E-state index contributed by atoms with van der Waals surface area (Å²) in [5, 5.41) is 2.62. The lowest BCUT2D eigenvalue weighted by Gasteiger charge is -2.16. The predicted molar refractivity (Wildman–Crippen MR) is 69.0 cm³/mol. The van der Waals surface area contributed by atoms with Gasteiger partial charge in [0.15, 0.2) is 0 Å². The third kappa shape index (κ3) is 4.99. The Balaban J connectivity index is 2.66. The van der Waals surface area contributed by atoms with Crippen LogP contribution in [0.1, 0.15) is 25.8 Å². The molecule has 0 aliphatic carbocycles. The van der Waals surface area contributed by atoms with Gasteiger partial charge in [-0.2, -0.15) is 0 Å². The molecule has 4 heteroatoms. The molecule has 1 amide bonds. The molecule has 98 valence electrons. The number of nitrogens with one attached hydrogen (secondary N) is 1. The summed E-state index contributed by atoms with van der Waals surface area (Å²) in [6.45, 7) is 3.70. The first-order valence-electron chi connectivity index (χ1n) is 6.11. The summed E-state index contributed by atoms with van der Waals surface area (Å²) in [7, 11) is 0. The second-order valence-corrected chi connectivity index (χ2v) is 4.11. The van der Waals surface area contributed by atoms with Crippen molar-refractivity contribution in [3.05, 3.63) is 35.9 Å². The Morgan fingerprint density at radius 1 is 1.28 bits per heavy atom. The molecule has 0 aliphatic rings. The fourth-order valence-electron chi connectivity index (χ4n) is 1.59. The summed E-state index contributed by atoms with van der Waals surface area (Å²) >= 11 is 0. The first kappa shape index (κ1) is 14.2. The number of amides is 1. The van der Waals surface area contributed by atoms with Gasteiger partial charge >= 0.3 is 5.97 Å². The summed E-state index contributed by atoms with van der Waals surface area (Å²) in [5.41, 5.74) is 0.990. The van der Waals surface area contributed by atoms with E-state index in [1.54, 1.807) is 0 Å². The fourth-order valence-corrected chi connectivity index (χ4v) is 1.59. The van der Waals surface area contributed by atoms with Crippen molar-refractivity contribution in [2.45, 2.75) is 32.7 Å². The molecule has 18 heavy (non-hydrogen) atoms. The summed E-state index contributed by atoms with van der Waals surface area (Å²) in [6, 6.07) is 8.93. The average molecular weight is 249 g/mol. The zero-order valence-corrected chi connectivity index (χ0v) is 10.8. The Hall–Kier alpha value is -1.84. The van der Waals surface area contributed by atoms with Gasteiger partial charge in [-0.3, -0.25) is 4.79 Å². The van der Waals surface area contributed by atoms with Gasteiger partial charge in [0, 0.05) is 13.3 Å². The van der Waals surface area contributed by atoms with Crippen molar-refractivity contribution in [3.8, 4) is 0 Å². The van der Waals surface area contributed by atoms with Gasteiger partial charge in [-0.05, 0) is 12.0 Å². The second kappa shape index (κ2) is 7.48. The second-order valence-electron chi connectivity index (χ2n) is 4.11. The Morgan fingerprint density at radius 3 is 2.50 bits per heavy atom. The Morgan fingerprint density at radius 2 is 1.94 bits per heavy atom. The quantitative estimate of drug-likeness (QED) is 0.780. The van der Waals surface area contributed by atoms with Crippen LogP contribution < -0.4 is 5.32 Å². The summed E-state index contributed by atoms with van der Waals surface area (Å²) in [6.07, 6.45) is 1.22. The Bertz CT molecular complexity index is 389. The monoisotopic (exact) mass is 249 g/mol. The highest BCUT2D eigenvalue weighted by atomic mass is 16.5. The van der Waals surface area contributed by atoms with Crippen LogP contribution in [-0.4, -0.2) is 24.5 Å². The van der Waals surface area contributed by atoms with E-state index in [1.807, 2.05) is 37.3 Å². The van der Waals surface area contributed by atoms with E-state index < -0.39 is 6.04 Å². The van der Waals surface area contributed by atoms with E-state index in [9.17, 15) is 9.59 Å². The van der Waals surface area contributed by atoms with E-state index in [0.717, 1.165) is 12.0 Å². The standard InChI is InChI=1S/C14H19NO3/c1-3-9-18-14(17)13(15-11(2)16)10-12-7-5-4-6-8-12/h4-8,13H,3,9-10H2,1-2H3,(H,15,16).